The lowest BCUT2D eigenvalue weighted by Gasteiger charge is -2.13. The summed E-state index contributed by atoms with van der Waals surface area (Å²) in [7, 11) is 1.42. The van der Waals surface area contributed by atoms with Crippen LogP contribution in [-0.2, 0) is 16.0 Å². The highest BCUT2D eigenvalue weighted by Crippen LogP contribution is 2.33. The monoisotopic (exact) mass is 337 g/mol. The molecule has 0 aliphatic carbocycles. The number of esters is 1. The van der Waals surface area contributed by atoms with Crippen LogP contribution in [0.4, 0.5) is 5.13 Å². The van der Waals surface area contributed by atoms with Crippen molar-refractivity contribution in [2.24, 2.45) is 0 Å². The summed E-state index contributed by atoms with van der Waals surface area (Å²) in [5.41, 5.74) is 2.08. The molecule has 1 saturated heterocycles. The Hall–Kier alpha value is -1.47. The number of carbonyl (C=O) groups is 1. The first-order chi connectivity index (χ1) is 10.7. The first-order valence-corrected chi connectivity index (χ1v) is 9.10. The van der Waals surface area contributed by atoms with Gasteiger partial charge in [-0.15, -0.1) is 22.7 Å². The van der Waals surface area contributed by atoms with Crippen molar-refractivity contribution in [3.8, 4) is 0 Å². The Kier molecular flexibility index (Phi) is 4.73. The summed E-state index contributed by atoms with van der Waals surface area (Å²) >= 11 is 3.41. The van der Waals surface area contributed by atoms with Crippen molar-refractivity contribution >= 4 is 33.8 Å². The summed E-state index contributed by atoms with van der Waals surface area (Å²) in [6.07, 6.45) is 2.16. The zero-order chi connectivity index (χ0) is 15.5. The second-order valence-corrected chi connectivity index (χ2v) is 7.18. The molecule has 0 amide bonds. The number of ether oxygens (including phenoxy) is 1. The summed E-state index contributed by atoms with van der Waals surface area (Å²) in [6, 6.07) is 0. The molecular formula is C15H19N3O2S2. The second-order valence-electron chi connectivity index (χ2n) is 5.46. The Bertz CT molecular complexity index is 653. The van der Waals surface area contributed by atoms with E-state index in [4.69, 9.17) is 0 Å². The van der Waals surface area contributed by atoms with E-state index in [-0.39, 0.29) is 5.97 Å². The maximum atomic E-state index is 11.2. The molecular weight excluding hydrogens is 318 g/mol. The number of hydrogen-bond donors (Lipinski definition) is 0. The number of anilines is 1. The van der Waals surface area contributed by atoms with Crippen molar-refractivity contribution in [2.75, 3.05) is 25.1 Å². The molecule has 1 aliphatic rings. The van der Waals surface area contributed by atoms with Gasteiger partial charge in [0.25, 0.3) is 0 Å². The van der Waals surface area contributed by atoms with Crippen LogP contribution in [0.1, 0.15) is 35.2 Å². The maximum absolute atomic E-state index is 11.2. The summed E-state index contributed by atoms with van der Waals surface area (Å²) in [5, 5.41) is 6.45. The first-order valence-electron chi connectivity index (χ1n) is 7.34. The van der Waals surface area contributed by atoms with Crippen molar-refractivity contribution in [1.29, 1.82) is 0 Å². The van der Waals surface area contributed by atoms with Crippen molar-refractivity contribution in [1.82, 2.24) is 9.97 Å². The molecule has 0 aromatic carbocycles. The molecule has 1 fully saturated rings. The lowest BCUT2D eigenvalue weighted by molar-refractivity contribution is -0.140. The minimum absolute atomic E-state index is 0.185. The summed E-state index contributed by atoms with van der Waals surface area (Å²) < 4.78 is 4.66. The van der Waals surface area contributed by atoms with Crippen molar-refractivity contribution in [2.45, 2.75) is 32.1 Å². The van der Waals surface area contributed by atoms with Gasteiger partial charge < -0.3 is 9.64 Å². The molecule has 0 N–H and O–H groups in total. The lowest BCUT2D eigenvalue weighted by Crippen LogP contribution is -2.19. The van der Waals surface area contributed by atoms with Gasteiger partial charge in [0.1, 0.15) is 0 Å². The van der Waals surface area contributed by atoms with Crippen LogP contribution in [0.3, 0.4) is 0 Å². The smallest absolute Gasteiger partial charge is 0.305 e. The number of methoxy groups -OCH3 is 1. The van der Waals surface area contributed by atoms with E-state index < -0.39 is 0 Å². The number of nitrogens with zero attached hydrogens (tertiary/aromatic N) is 3. The number of aromatic nitrogens is 2. The largest absolute Gasteiger partial charge is 0.469 e. The highest BCUT2D eigenvalue weighted by molar-refractivity contribution is 7.13. The second kappa shape index (κ2) is 6.75. The van der Waals surface area contributed by atoms with E-state index in [1.165, 1.54) is 12.1 Å². The molecule has 118 valence electrons. The van der Waals surface area contributed by atoms with Crippen LogP contribution in [-0.4, -0.2) is 36.1 Å². The average molecular weight is 337 g/mol. The molecule has 0 spiro atoms. The lowest BCUT2D eigenvalue weighted by atomic mass is 10.1. The topological polar surface area (TPSA) is 55.3 Å². The van der Waals surface area contributed by atoms with Crippen LogP contribution in [0.25, 0.3) is 0 Å². The fourth-order valence-corrected chi connectivity index (χ4v) is 4.41. The van der Waals surface area contributed by atoms with Gasteiger partial charge in [-0.1, -0.05) is 0 Å². The van der Waals surface area contributed by atoms with Gasteiger partial charge >= 0.3 is 5.97 Å². The maximum Gasteiger partial charge on any atom is 0.305 e. The standard InChI is InChI=1S/C15H19N3O2S2/c1-10-8-21-14(16-10)11-5-6-18(7-11)15-17-12(9-22-15)3-4-13(19)20-2/h8-9,11H,3-7H2,1-2H3. The van der Waals surface area contributed by atoms with Crippen LogP contribution >= 0.6 is 22.7 Å². The summed E-state index contributed by atoms with van der Waals surface area (Å²) in [6.45, 7) is 4.05. The van der Waals surface area contributed by atoms with Gasteiger partial charge in [-0.3, -0.25) is 4.79 Å². The van der Waals surface area contributed by atoms with Crippen LogP contribution in [0, 0.1) is 6.92 Å². The number of hydrogen-bond acceptors (Lipinski definition) is 7. The normalized spacial score (nSPS) is 17.9. The third-order valence-electron chi connectivity index (χ3n) is 3.80. The molecule has 1 unspecified atom stereocenters. The highest BCUT2D eigenvalue weighted by atomic mass is 32.1. The van der Waals surface area contributed by atoms with Crippen LogP contribution < -0.4 is 4.90 Å². The van der Waals surface area contributed by atoms with Crippen LogP contribution in [0.5, 0.6) is 0 Å². The van der Waals surface area contributed by atoms with Gasteiger partial charge in [0.05, 0.1) is 24.2 Å². The minimum Gasteiger partial charge on any atom is -0.469 e. The van der Waals surface area contributed by atoms with Gasteiger partial charge in [-0.2, -0.15) is 0 Å². The zero-order valence-electron chi connectivity index (χ0n) is 12.7. The zero-order valence-corrected chi connectivity index (χ0v) is 14.4. The molecule has 3 heterocycles. The van der Waals surface area contributed by atoms with E-state index in [0.29, 0.717) is 18.8 Å². The Labute approximate surface area is 138 Å². The number of carbonyl (C=O) groups excluding carboxylic acids is 1. The molecule has 2 aromatic rings. The highest BCUT2D eigenvalue weighted by Gasteiger charge is 2.27. The molecule has 0 saturated carbocycles. The van der Waals surface area contributed by atoms with Crippen LogP contribution in [0.2, 0.25) is 0 Å². The summed E-state index contributed by atoms with van der Waals surface area (Å²) in [5.74, 6) is 0.330. The van der Waals surface area contributed by atoms with Gasteiger partial charge in [0.2, 0.25) is 0 Å². The molecule has 1 atom stereocenters. The van der Waals surface area contributed by atoms with E-state index in [2.05, 4.69) is 25.0 Å². The number of rotatable bonds is 5. The van der Waals surface area contributed by atoms with E-state index in [1.54, 1.807) is 22.7 Å². The Balaban J connectivity index is 1.59. The Morgan fingerprint density at radius 2 is 2.27 bits per heavy atom. The van der Waals surface area contributed by atoms with Crippen molar-refractivity contribution in [3.63, 3.8) is 0 Å². The fraction of sp³-hybridized carbons (Fsp3) is 0.533. The number of thiazole rings is 2. The fourth-order valence-electron chi connectivity index (χ4n) is 2.58. The molecule has 5 nitrogen and oxygen atoms in total. The molecule has 3 rings (SSSR count). The quantitative estimate of drug-likeness (QED) is 0.785. The molecule has 22 heavy (non-hydrogen) atoms. The summed E-state index contributed by atoms with van der Waals surface area (Å²) in [4.78, 5) is 22.8. The molecule has 1 aliphatic heterocycles. The molecule has 0 bridgehead atoms. The van der Waals surface area contributed by atoms with E-state index in [0.717, 1.165) is 36.0 Å². The van der Waals surface area contributed by atoms with Gasteiger partial charge in [-0.25, -0.2) is 9.97 Å². The minimum atomic E-state index is -0.185. The van der Waals surface area contributed by atoms with Gasteiger partial charge in [-0.05, 0) is 13.3 Å². The third kappa shape index (κ3) is 3.47. The predicted molar refractivity (Wildman–Crippen MR) is 88.9 cm³/mol. The molecule has 0 radical (unpaired) electrons. The molecule has 7 heteroatoms. The van der Waals surface area contributed by atoms with Crippen molar-refractivity contribution < 1.29 is 9.53 Å². The van der Waals surface area contributed by atoms with E-state index in [1.807, 2.05) is 12.3 Å². The van der Waals surface area contributed by atoms with Crippen molar-refractivity contribution in [3.05, 3.63) is 27.2 Å². The SMILES string of the molecule is COC(=O)CCc1csc(N2CCC(c3nc(C)cs3)C2)n1. The Morgan fingerprint density at radius 1 is 1.41 bits per heavy atom. The van der Waals surface area contributed by atoms with E-state index in [9.17, 15) is 4.79 Å². The predicted octanol–water partition coefficient (Wildman–Crippen LogP) is 3.01. The molecule has 2 aromatic heterocycles. The van der Waals surface area contributed by atoms with Gasteiger partial charge in [0, 0.05) is 41.9 Å². The number of aryl methyl sites for hydroxylation is 2. The Morgan fingerprint density at radius 3 is 3.00 bits per heavy atom. The first kappa shape index (κ1) is 15.4. The van der Waals surface area contributed by atoms with Gasteiger partial charge in [0.15, 0.2) is 5.13 Å². The van der Waals surface area contributed by atoms with E-state index >= 15 is 0 Å². The van der Waals surface area contributed by atoms with Crippen LogP contribution in [0.15, 0.2) is 10.8 Å². The average Bonchev–Trinajstić information content (AvgIpc) is 3.23. The third-order valence-corrected chi connectivity index (χ3v) is 5.87.